The van der Waals surface area contributed by atoms with Crippen LogP contribution in [-0.2, 0) is 4.79 Å². The highest BCUT2D eigenvalue weighted by molar-refractivity contribution is 6.34. The quantitative estimate of drug-likeness (QED) is 0.299. The lowest BCUT2D eigenvalue weighted by molar-refractivity contribution is -0.129. The zero-order valence-corrected chi connectivity index (χ0v) is 24.6. The number of nitrogens with zero attached hydrogens (tertiary/aromatic N) is 7. The number of halogens is 3. The van der Waals surface area contributed by atoms with Crippen LogP contribution >= 0.6 is 11.6 Å². The Morgan fingerprint density at radius 3 is 2.36 bits per heavy atom. The van der Waals surface area contributed by atoms with Gasteiger partial charge in [-0.1, -0.05) is 24.2 Å². The number of hydrogen-bond donors (Lipinski definition) is 1. The number of aromatic nitrogens is 5. The maximum absolute atomic E-state index is 15.1. The van der Waals surface area contributed by atoms with Gasteiger partial charge in [0.25, 0.3) is 5.91 Å². The third-order valence-corrected chi connectivity index (χ3v) is 8.77. The van der Waals surface area contributed by atoms with E-state index in [4.69, 9.17) is 16.6 Å². The number of amides is 1. The Morgan fingerprint density at radius 1 is 1.09 bits per heavy atom. The van der Waals surface area contributed by atoms with Gasteiger partial charge < -0.3 is 14.9 Å². The Kier molecular flexibility index (Phi) is 6.84. The minimum Gasteiger partial charge on any atom is -0.507 e. The van der Waals surface area contributed by atoms with Crippen molar-refractivity contribution in [2.75, 3.05) is 24.5 Å². The molecule has 3 fully saturated rings. The van der Waals surface area contributed by atoms with E-state index in [0.29, 0.717) is 11.1 Å². The Labute approximate surface area is 255 Å². The molecule has 4 heterocycles. The number of rotatable bonds is 6. The molecule has 2 aliphatic carbocycles. The first-order valence-corrected chi connectivity index (χ1v) is 14.9. The minimum absolute atomic E-state index is 0.0375. The molecule has 1 N–H and O–H groups in total. The van der Waals surface area contributed by atoms with E-state index in [9.17, 15) is 19.1 Å². The van der Waals surface area contributed by atoms with Crippen molar-refractivity contribution < 1.29 is 18.7 Å². The van der Waals surface area contributed by atoms with Crippen molar-refractivity contribution in [1.29, 1.82) is 0 Å². The minimum atomic E-state index is -1.04. The largest absolute Gasteiger partial charge is 0.507 e. The Morgan fingerprint density at radius 2 is 1.77 bits per heavy atom. The van der Waals surface area contributed by atoms with Crippen LogP contribution < -0.4 is 10.6 Å². The molecule has 1 atom stereocenters. The molecule has 1 saturated heterocycles. The SMILES string of the molecule is C=C(F)C(=O)N1CCN(c2nc(=O)n(-c3c(C4CC4)ncnc3C3CC3)c3nc(-c4c(O)cccc4F)c(Cl)cc23)[C@@H](C)C1. The van der Waals surface area contributed by atoms with Crippen molar-refractivity contribution in [3.63, 3.8) is 0 Å². The normalized spacial score (nSPS) is 18.6. The number of phenolic OH excluding ortho intramolecular Hbond substituents is 1. The number of pyridine rings is 1. The molecule has 2 saturated carbocycles. The first kappa shape index (κ1) is 28.3. The van der Waals surface area contributed by atoms with Crippen LogP contribution in [0, 0.1) is 5.82 Å². The van der Waals surface area contributed by atoms with Gasteiger partial charge in [-0.15, -0.1) is 0 Å². The second-order valence-electron chi connectivity index (χ2n) is 11.6. The van der Waals surface area contributed by atoms with Crippen LogP contribution in [0.3, 0.4) is 0 Å². The predicted molar refractivity (Wildman–Crippen MR) is 160 cm³/mol. The zero-order chi connectivity index (χ0) is 30.9. The van der Waals surface area contributed by atoms with Gasteiger partial charge in [0.15, 0.2) is 11.5 Å². The van der Waals surface area contributed by atoms with Crippen molar-refractivity contribution in [3.8, 4) is 22.7 Å². The smallest absolute Gasteiger partial charge is 0.355 e. The number of carbonyl (C=O) groups excluding carboxylic acids is 1. The monoisotopic (exact) mass is 619 g/mol. The zero-order valence-electron chi connectivity index (χ0n) is 23.8. The van der Waals surface area contributed by atoms with Gasteiger partial charge in [0.05, 0.1) is 38.7 Å². The summed E-state index contributed by atoms with van der Waals surface area (Å²) >= 11 is 6.75. The number of piperazine rings is 1. The van der Waals surface area contributed by atoms with Crippen molar-refractivity contribution in [2.45, 2.75) is 50.5 Å². The highest BCUT2D eigenvalue weighted by Gasteiger charge is 2.37. The number of fused-ring (bicyclic) bond motifs is 1. The number of benzene rings is 1. The molecule has 0 bridgehead atoms. The molecule has 1 aromatic carbocycles. The van der Waals surface area contributed by atoms with E-state index in [0.717, 1.165) is 37.1 Å². The lowest BCUT2D eigenvalue weighted by atomic mass is 10.1. The van der Waals surface area contributed by atoms with Crippen LogP contribution in [-0.4, -0.2) is 66.1 Å². The first-order chi connectivity index (χ1) is 21.1. The predicted octanol–water partition coefficient (Wildman–Crippen LogP) is 5.01. The number of aromatic hydroxyl groups is 1. The molecular weight excluding hydrogens is 592 g/mol. The molecule has 13 heteroatoms. The van der Waals surface area contributed by atoms with E-state index >= 15 is 4.39 Å². The van der Waals surface area contributed by atoms with Crippen LogP contribution in [0.15, 0.2) is 47.8 Å². The molecule has 0 unspecified atom stereocenters. The van der Waals surface area contributed by atoms with Crippen molar-refractivity contribution >= 4 is 34.4 Å². The molecule has 3 aliphatic rings. The molecule has 7 rings (SSSR count). The topological polar surface area (TPSA) is 117 Å². The van der Waals surface area contributed by atoms with Gasteiger partial charge in [-0.25, -0.2) is 33.1 Å². The summed E-state index contributed by atoms with van der Waals surface area (Å²) in [6, 6.07) is 5.10. The lowest BCUT2D eigenvalue weighted by Gasteiger charge is -2.40. The van der Waals surface area contributed by atoms with E-state index in [1.165, 1.54) is 34.0 Å². The molecule has 44 heavy (non-hydrogen) atoms. The number of anilines is 1. The van der Waals surface area contributed by atoms with Crippen LogP contribution in [0.4, 0.5) is 14.6 Å². The molecule has 226 valence electrons. The van der Waals surface area contributed by atoms with E-state index in [-0.39, 0.29) is 71.0 Å². The summed E-state index contributed by atoms with van der Waals surface area (Å²) in [4.78, 5) is 48.2. The van der Waals surface area contributed by atoms with Crippen LogP contribution in [0.2, 0.25) is 5.02 Å². The molecule has 4 aromatic rings. The molecule has 3 aromatic heterocycles. The average molecular weight is 620 g/mol. The number of phenols is 1. The standard InChI is InChI=1S/C31H28ClF2N7O3/c1-15-13-39(30(43)16(2)33)10-11-40(15)28-19-12-20(32)26(23-21(34)4-3-5-22(23)42)37-29(19)41(31(44)38-28)27-24(17-6-7-17)35-14-36-25(27)18-8-9-18/h3-5,12,14-15,17-18,42H,2,6-11,13H2,1H3/t15-/m0/s1. The first-order valence-electron chi connectivity index (χ1n) is 14.5. The Bertz CT molecular complexity index is 1870. The highest BCUT2D eigenvalue weighted by Crippen LogP contribution is 2.48. The lowest BCUT2D eigenvalue weighted by Crippen LogP contribution is -2.54. The van der Waals surface area contributed by atoms with E-state index < -0.39 is 23.2 Å². The van der Waals surface area contributed by atoms with Gasteiger partial charge in [-0.05, 0) is 50.8 Å². The summed E-state index contributed by atoms with van der Waals surface area (Å²) in [6.45, 7) is 5.54. The van der Waals surface area contributed by atoms with Crippen molar-refractivity contribution in [3.05, 3.63) is 75.7 Å². The fourth-order valence-electron chi connectivity index (χ4n) is 6.02. The Balaban J connectivity index is 1.48. The highest BCUT2D eigenvalue weighted by atomic mass is 35.5. The molecule has 0 spiro atoms. The van der Waals surface area contributed by atoms with Crippen molar-refractivity contribution in [2.24, 2.45) is 0 Å². The van der Waals surface area contributed by atoms with Gasteiger partial charge in [-0.3, -0.25) is 4.79 Å². The molecule has 1 aliphatic heterocycles. The molecule has 0 radical (unpaired) electrons. The molecular formula is C31H28ClF2N7O3. The third-order valence-electron chi connectivity index (χ3n) is 8.48. The summed E-state index contributed by atoms with van der Waals surface area (Å²) in [5.74, 6) is -2.32. The fourth-order valence-corrected chi connectivity index (χ4v) is 6.27. The van der Waals surface area contributed by atoms with Crippen LogP contribution in [0.1, 0.15) is 55.8 Å². The van der Waals surface area contributed by atoms with Gasteiger partial charge >= 0.3 is 5.69 Å². The van der Waals surface area contributed by atoms with E-state index in [2.05, 4.69) is 21.5 Å². The summed E-state index contributed by atoms with van der Waals surface area (Å²) < 4.78 is 30.1. The second kappa shape index (κ2) is 10.6. The van der Waals surface area contributed by atoms with E-state index in [1.54, 1.807) is 6.07 Å². The summed E-state index contributed by atoms with van der Waals surface area (Å²) in [5.41, 5.74) is 1.30. The maximum atomic E-state index is 15.1. The number of hydrogen-bond acceptors (Lipinski definition) is 8. The summed E-state index contributed by atoms with van der Waals surface area (Å²) in [7, 11) is 0. The van der Waals surface area contributed by atoms with Crippen LogP contribution in [0.25, 0.3) is 28.0 Å². The van der Waals surface area contributed by atoms with Gasteiger partial charge in [-0.2, -0.15) is 4.98 Å². The second-order valence-corrected chi connectivity index (χ2v) is 12.0. The van der Waals surface area contributed by atoms with Gasteiger partial charge in [0.2, 0.25) is 0 Å². The average Bonchev–Trinajstić information content (AvgIpc) is 3.91. The molecule has 10 nitrogen and oxygen atoms in total. The molecule has 1 amide bonds. The van der Waals surface area contributed by atoms with Gasteiger partial charge in [0, 0.05) is 37.5 Å². The van der Waals surface area contributed by atoms with Crippen molar-refractivity contribution in [1.82, 2.24) is 29.4 Å². The third kappa shape index (κ3) is 4.77. The fraction of sp³-hybridized carbons (Fsp3) is 0.355. The summed E-state index contributed by atoms with van der Waals surface area (Å²) in [5, 5.41) is 11.1. The van der Waals surface area contributed by atoms with E-state index in [1.807, 2.05) is 11.8 Å². The maximum Gasteiger partial charge on any atom is 0.355 e. The Hall–Kier alpha value is -4.45. The summed E-state index contributed by atoms with van der Waals surface area (Å²) in [6.07, 6.45) is 5.22. The van der Waals surface area contributed by atoms with Gasteiger partial charge in [0.1, 0.15) is 23.7 Å². The van der Waals surface area contributed by atoms with Crippen LogP contribution in [0.5, 0.6) is 5.75 Å². The number of carbonyl (C=O) groups is 1.